The summed E-state index contributed by atoms with van der Waals surface area (Å²) in [5, 5.41) is 7.48. The van der Waals surface area contributed by atoms with E-state index in [9.17, 15) is 9.59 Å². The number of rotatable bonds is 4. The number of carbonyl (C=O) groups excluding carboxylic acids is 2. The maximum Gasteiger partial charge on any atom is 0.254 e. The number of aromatic nitrogens is 1. The quantitative estimate of drug-likeness (QED) is 0.559. The van der Waals surface area contributed by atoms with Crippen molar-refractivity contribution < 1.29 is 14.0 Å². The predicted octanol–water partition coefficient (Wildman–Crippen LogP) is 3.84. The zero-order valence-corrected chi connectivity index (χ0v) is 16.3. The lowest BCUT2D eigenvalue weighted by atomic mass is 9.97. The van der Waals surface area contributed by atoms with Crippen LogP contribution < -0.4 is 10.6 Å². The van der Waals surface area contributed by atoms with E-state index in [4.69, 9.17) is 4.42 Å². The maximum atomic E-state index is 12.7. The first-order valence-corrected chi connectivity index (χ1v) is 9.69. The summed E-state index contributed by atoms with van der Waals surface area (Å²) in [5.41, 5.74) is 4.28. The van der Waals surface area contributed by atoms with Crippen molar-refractivity contribution in [1.29, 1.82) is 0 Å². The molecule has 2 heterocycles. The molecule has 1 aliphatic carbocycles. The van der Waals surface area contributed by atoms with Crippen molar-refractivity contribution >= 4 is 33.7 Å². The molecule has 2 aromatic heterocycles. The number of hydrogen-bond donors (Lipinski definition) is 2. The van der Waals surface area contributed by atoms with Crippen LogP contribution in [0.1, 0.15) is 33.6 Å². The number of nitrogens with one attached hydrogen (secondary N) is 2. The molecule has 146 valence electrons. The third kappa shape index (κ3) is 2.88. The molecule has 0 spiro atoms. The van der Waals surface area contributed by atoms with Crippen LogP contribution in [0.3, 0.4) is 0 Å². The zero-order chi connectivity index (χ0) is 20.1. The van der Waals surface area contributed by atoms with Gasteiger partial charge in [-0.1, -0.05) is 12.1 Å². The highest BCUT2D eigenvalue weighted by molar-refractivity contribution is 6.13. The van der Waals surface area contributed by atoms with Gasteiger partial charge in [0.15, 0.2) is 0 Å². The molecule has 0 bridgehead atoms. The number of amides is 2. The van der Waals surface area contributed by atoms with Gasteiger partial charge in [-0.2, -0.15) is 0 Å². The van der Waals surface area contributed by atoms with Crippen LogP contribution in [-0.4, -0.2) is 29.5 Å². The van der Waals surface area contributed by atoms with Crippen LogP contribution in [0.15, 0.2) is 53.3 Å². The van der Waals surface area contributed by atoms with Crippen molar-refractivity contribution in [3.63, 3.8) is 0 Å². The molecule has 29 heavy (non-hydrogen) atoms. The van der Waals surface area contributed by atoms with Crippen LogP contribution in [0, 0.1) is 0 Å². The molecule has 0 atom stereocenters. The number of benzene rings is 2. The van der Waals surface area contributed by atoms with E-state index in [0.717, 1.165) is 40.3 Å². The molecule has 0 radical (unpaired) electrons. The molecule has 0 saturated heterocycles. The molecule has 1 saturated carbocycles. The highest BCUT2D eigenvalue weighted by Crippen LogP contribution is 2.37. The molecule has 2 aromatic carbocycles. The summed E-state index contributed by atoms with van der Waals surface area (Å²) in [6.45, 7) is 0. The average molecular weight is 387 g/mol. The Morgan fingerprint density at radius 2 is 1.90 bits per heavy atom. The van der Waals surface area contributed by atoms with Gasteiger partial charge in [0.1, 0.15) is 5.58 Å². The molecule has 5 rings (SSSR count). The number of fused-ring (bicyclic) bond motifs is 2. The van der Waals surface area contributed by atoms with Crippen LogP contribution in [0.25, 0.3) is 33.0 Å². The number of carbonyl (C=O) groups is 2. The van der Waals surface area contributed by atoms with E-state index in [-0.39, 0.29) is 17.9 Å². The summed E-state index contributed by atoms with van der Waals surface area (Å²) in [4.78, 5) is 25.2. The van der Waals surface area contributed by atoms with E-state index >= 15 is 0 Å². The first-order chi connectivity index (χ1) is 14.1. The second kappa shape index (κ2) is 6.51. The standard InChI is InChI=1S/C23H21N3O3/c1-24-23(28)18-11-13(22(27)25-14-6-7-14)10-17-19(12-29-21(17)18)15-4-3-5-20-16(15)8-9-26(20)2/h3-5,8-12,14H,6-7H2,1-2H3,(H,24,28)(H,25,27). The van der Waals surface area contributed by atoms with Crippen LogP contribution in [0.4, 0.5) is 0 Å². The Morgan fingerprint density at radius 3 is 2.66 bits per heavy atom. The van der Waals surface area contributed by atoms with Crippen molar-refractivity contribution in [2.45, 2.75) is 18.9 Å². The number of furan rings is 1. The fraction of sp³-hybridized carbons (Fsp3) is 0.217. The van der Waals surface area contributed by atoms with Gasteiger partial charge in [0.05, 0.1) is 11.8 Å². The predicted molar refractivity (Wildman–Crippen MR) is 112 cm³/mol. The van der Waals surface area contributed by atoms with Gasteiger partial charge in [-0.05, 0) is 42.7 Å². The Morgan fingerprint density at radius 1 is 1.07 bits per heavy atom. The molecule has 0 unspecified atom stereocenters. The van der Waals surface area contributed by atoms with Crippen LogP contribution >= 0.6 is 0 Å². The van der Waals surface area contributed by atoms with Crippen molar-refractivity contribution in [2.75, 3.05) is 7.05 Å². The lowest BCUT2D eigenvalue weighted by Crippen LogP contribution is -2.26. The van der Waals surface area contributed by atoms with Crippen LogP contribution in [0.2, 0.25) is 0 Å². The fourth-order valence-corrected chi connectivity index (χ4v) is 3.81. The van der Waals surface area contributed by atoms with Gasteiger partial charge in [-0.15, -0.1) is 0 Å². The second-order valence-corrected chi connectivity index (χ2v) is 7.54. The first-order valence-electron chi connectivity index (χ1n) is 9.69. The van der Waals surface area contributed by atoms with Gasteiger partial charge >= 0.3 is 0 Å². The molecule has 2 amide bonds. The molecule has 1 fully saturated rings. The van der Waals surface area contributed by atoms with Gasteiger partial charge in [-0.25, -0.2) is 0 Å². The topological polar surface area (TPSA) is 76.3 Å². The Kier molecular flexibility index (Phi) is 3.94. The monoisotopic (exact) mass is 387 g/mol. The average Bonchev–Trinajstić information content (AvgIpc) is 3.32. The van der Waals surface area contributed by atoms with Crippen molar-refractivity contribution in [2.24, 2.45) is 7.05 Å². The SMILES string of the molecule is CNC(=O)c1cc(C(=O)NC2CC2)cc2c(-c3cccc4c3ccn4C)coc12. The minimum Gasteiger partial charge on any atom is -0.463 e. The van der Waals surface area contributed by atoms with E-state index in [1.165, 1.54) is 0 Å². The molecule has 6 heteroatoms. The third-order valence-electron chi connectivity index (χ3n) is 5.54. The molecule has 6 nitrogen and oxygen atoms in total. The molecule has 1 aliphatic rings. The van der Waals surface area contributed by atoms with Gasteiger partial charge in [0.25, 0.3) is 11.8 Å². The molecule has 2 N–H and O–H groups in total. The fourth-order valence-electron chi connectivity index (χ4n) is 3.81. The number of nitrogens with zero attached hydrogens (tertiary/aromatic N) is 1. The number of aryl methyl sites for hydroxylation is 1. The van der Waals surface area contributed by atoms with Crippen molar-refractivity contribution in [3.05, 3.63) is 60.0 Å². The van der Waals surface area contributed by atoms with Gasteiger partial charge in [0.2, 0.25) is 0 Å². The van der Waals surface area contributed by atoms with Crippen molar-refractivity contribution in [3.8, 4) is 11.1 Å². The Balaban J connectivity index is 1.74. The maximum absolute atomic E-state index is 12.7. The minimum absolute atomic E-state index is 0.162. The molecule has 4 aromatic rings. The van der Waals surface area contributed by atoms with E-state index in [1.54, 1.807) is 19.4 Å². The van der Waals surface area contributed by atoms with Gasteiger partial charge in [-0.3, -0.25) is 9.59 Å². The summed E-state index contributed by atoms with van der Waals surface area (Å²) in [7, 11) is 3.57. The summed E-state index contributed by atoms with van der Waals surface area (Å²) < 4.78 is 7.90. The van der Waals surface area contributed by atoms with Crippen LogP contribution in [-0.2, 0) is 7.05 Å². The Labute approximate surface area is 167 Å². The van der Waals surface area contributed by atoms with Gasteiger partial charge in [0, 0.05) is 53.8 Å². The lowest BCUT2D eigenvalue weighted by molar-refractivity contribution is 0.0951. The molecular weight excluding hydrogens is 366 g/mol. The smallest absolute Gasteiger partial charge is 0.254 e. The van der Waals surface area contributed by atoms with E-state index < -0.39 is 0 Å². The minimum atomic E-state index is -0.283. The molecular formula is C23H21N3O3. The van der Waals surface area contributed by atoms with E-state index in [1.807, 2.05) is 31.4 Å². The van der Waals surface area contributed by atoms with Crippen LogP contribution in [0.5, 0.6) is 0 Å². The van der Waals surface area contributed by atoms with Crippen molar-refractivity contribution in [1.82, 2.24) is 15.2 Å². The molecule has 0 aliphatic heterocycles. The highest BCUT2D eigenvalue weighted by Gasteiger charge is 2.26. The zero-order valence-electron chi connectivity index (χ0n) is 16.3. The van der Waals surface area contributed by atoms with E-state index in [2.05, 4.69) is 27.3 Å². The highest BCUT2D eigenvalue weighted by atomic mass is 16.3. The first kappa shape index (κ1) is 17.6. The van der Waals surface area contributed by atoms with E-state index in [0.29, 0.717) is 16.7 Å². The summed E-state index contributed by atoms with van der Waals surface area (Å²) in [5.74, 6) is -0.445. The summed E-state index contributed by atoms with van der Waals surface area (Å²) in [6, 6.07) is 11.8. The van der Waals surface area contributed by atoms with Gasteiger partial charge < -0.3 is 19.6 Å². The number of hydrogen-bond acceptors (Lipinski definition) is 3. The second-order valence-electron chi connectivity index (χ2n) is 7.54. The Bertz CT molecular complexity index is 1280. The Hall–Kier alpha value is -3.54. The summed E-state index contributed by atoms with van der Waals surface area (Å²) in [6.07, 6.45) is 5.69. The largest absolute Gasteiger partial charge is 0.463 e. The normalized spacial score (nSPS) is 13.7. The third-order valence-corrected chi connectivity index (χ3v) is 5.54. The lowest BCUT2D eigenvalue weighted by Gasteiger charge is -2.08. The summed E-state index contributed by atoms with van der Waals surface area (Å²) >= 11 is 0.